The van der Waals surface area contributed by atoms with E-state index in [4.69, 9.17) is 10.5 Å². The maximum Gasteiger partial charge on any atom is 0.128 e. The van der Waals surface area contributed by atoms with E-state index in [1.807, 2.05) is 6.92 Å². The van der Waals surface area contributed by atoms with Crippen molar-refractivity contribution in [3.05, 3.63) is 65.2 Å². The topological polar surface area (TPSA) is 35.2 Å². The first-order chi connectivity index (χ1) is 9.11. The second-order valence-corrected chi connectivity index (χ2v) is 4.15. The van der Waals surface area contributed by atoms with Gasteiger partial charge in [-0.2, -0.15) is 0 Å². The molecule has 0 amide bonds. The van der Waals surface area contributed by atoms with Gasteiger partial charge in [-0.05, 0) is 42.8 Å². The zero-order valence-electron chi connectivity index (χ0n) is 10.6. The van der Waals surface area contributed by atoms with E-state index in [-0.39, 0.29) is 5.56 Å². The van der Waals surface area contributed by atoms with Gasteiger partial charge in [-0.3, -0.25) is 0 Å². The van der Waals surface area contributed by atoms with Gasteiger partial charge in [0.25, 0.3) is 0 Å². The minimum absolute atomic E-state index is 0.133. The van der Waals surface area contributed by atoms with Crippen LogP contribution in [0.1, 0.15) is 24.1 Å². The van der Waals surface area contributed by atoms with E-state index in [1.165, 1.54) is 0 Å². The van der Waals surface area contributed by atoms with E-state index < -0.39 is 17.7 Å². The lowest BCUT2D eigenvalue weighted by Crippen LogP contribution is -2.14. The third-order valence-corrected chi connectivity index (χ3v) is 2.82. The average Bonchev–Trinajstić information content (AvgIpc) is 2.41. The highest BCUT2D eigenvalue weighted by Gasteiger charge is 2.15. The van der Waals surface area contributed by atoms with Gasteiger partial charge in [-0.1, -0.05) is 12.1 Å². The number of ether oxygens (including phenoxy) is 1. The van der Waals surface area contributed by atoms with Crippen molar-refractivity contribution in [2.45, 2.75) is 13.0 Å². The smallest absolute Gasteiger partial charge is 0.128 e. The Morgan fingerprint density at radius 2 is 1.95 bits per heavy atom. The van der Waals surface area contributed by atoms with Gasteiger partial charge >= 0.3 is 0 Å². The van der Waals surface area contributed by atoms with Crippen LogP contribution in [0.25, 0.3) is 0 Å². The van der Waals surface area contributed by atoms with Crippen LogP contribution in [0.3, 0.4) is 0 Å². The highest BCUT2D eigenvalue weighted by atomic mass is 19.1. The molecule has 0 aromatic heterocycles. The van der Waals surface area contributed by atoms with Crippen LogP contribution in [0.15, 0.2) is 42.5 Å². The van der Waals surface area contributed by atoms with Crippen LogP contribution >= 0.6 is 0 Å². The zero-order valence-corrected chi connectivity index (χ0v) is 10.6. The van der Waals surface area contributed by atoms with Gasteiger partial charge in [0, 0.05) is 5.56 Å². The summed E-state index contributed by atoms with van der Waals surface area (Å²) >= 11 is 0. The Hall–Kier alpha value is -1.94. The fraction of sp³-hybridized carbons (Fsp3) is 0.200. The number of benzene rings is 2. The van der Waals surface area contributed by atoms with Gasteiger partial charge < -0.3 is 10.5 Å². The summed E-state index contributed by atoms with van der Waals surface area (Å²) < 4.78 is 32.2. The van der Waals surface area contributed by atoms with Crippen molar-refractivity contribution < 1.29 is 13.5 Å². The van der Waals surface area contributed by atoms with E-state index in [1.54, 1.807) is 24.3 Å². The van der Waals surface area contributed by atoms with Gasteiger partial charge in [-0.25, -0.2) is 8.78 Å². The van der Waals surface area contributed by atoms with Crippen molar-refractivity contribution in [3.63, 3.8) is 0 Å². The molecule has 0 bridgehead atoms. The van der Waals surface area contributed by atoms with Gasteiger partial charge in [0.05, 0.1) is 12.6 Å². The summed E-state index contributed by atoms with van der Waals surface area (Å²) in [5.41, 5.74) is 6.80. The molecular weight excluding hydrogens is 248 g/mol. The van der Waals surface area contributed by atoms with Crippen LogP contribution in [0.2, 0.25) is 0 Å². The normalized spacial score (nSPS) is 12.2. The van der Waals surface area contributed by atoms with Crippen LogP contribution in [0.4, 0.5) is 8.78 Å². The highest BCUT2D eigenvalue weighted by Crippen LogP contribution is 2.25. The maximum absolute atomic E-state index is 13.7. The standard InChI is InChI=1S/C15H15F2NO/c1-2-19-12-5-3-4-10(8-12)15(18)13-9-11(16)6-7-14(13)17/h3-9,15H,2,18H2,1H3. The van der Waals surface area contributed by atoms with Crippen LogP contribution in [0.5, 0.6) is 5.75 Å². The molecule has 0 aliphatic carbocycles. The number of rotatable bonds is 4. The second kappa shape index (κ2) is 5.80. The lowest BCUT2D eigenvalue weighted by atomic mass is 9.99. The van der Waals surface area contributed by atoms with E-state index >= 15 is 0 Å². The maximum atomic E-state index is 13.7. The Bertz CT molecular complexity index is 572. The Labute approximate surface area is 110 Å². The Morgan fingerprint density at radius 1 is 1.16 bits per heavy atom. The van der Waals surface area contributed by atoms with Gasteiger partial charge in [-0.15, -0.1) is 0 Å². The molecule has 2 N–H and O–H groups in total. The summed E-state index contributed by atoms with van der Waals surface area (Å²) in [6, 6.07) is 9.61. The van der Waals surface area contributed by atoms with Gasteiger partial charge in [0.2, 0.25) is 0 Å². The predicted octanol–water partition coefficient (Wildman–Crippen LogP) is 3.41. The molecule has 0 saturated heterocycles. The second-order valence-electron chi connectivity index (χ2n) is 4.15. The third kappa shape index (κ3) is 3.09. The molecule has 0 saturated carbocycles. The molecule has 0 heterocycles. The highest BCUT2D eigenvalue weighted by molar-refractivity contribution is 5.37. The summed E-state index contributed by atoms with van der Waals surface area (Å²) in [7, 11) is 0. The fourth-order valence-corrected chi connectivity index (χ4v) is 1.90. The van der Waals surface area contributed by atoms with E-state index in [0.717, 1.165) is 18.2 Å². The minimum Gasteiger partial charge on any atom is -0.494 e. The SMILES string of the molecule is CCOc1cccc(C(N)c2cc(F)ccc2F)c1. The van der Waals surface area contributed by atoms with Crippen LogP contribution in [-0.2, 0) is 0 Å². The van der Waals surface area contributed by atoms with E-state index in [9.17, 15) is 8.78 Å². The number of hydrogen-bond donors (Lipinski definition) is 1. The van der Waals surface area contributed by atoms with Crippen molar-refractivity contribution in [1.82, 2.24) is 0 Å². The molecule has 1 unspecified atom stereocenters. The molecular formula is C15H15F2NO. The summed E-state index contributed by atoms with van der Waals surface area (Å²) in [6.45, 7) is 2.41. The van der Waals surface area contributed by atoms with E-state index in [2.05, 4.69) is 0 Å². The van der Waals surface area contributed by atoms with Gasteiger partial charge in [0.15, 0.2) is 0 Å². The largest absolute Gasteiger partial charge is 0.494 e. The molecule has 2 aromatic carbocycles. The number of nitrogens with two attached hydrogens (primary N) is 1. The lowest BCUT2D eigenvalue weighted by molar-refractivity contribution is 0.340. The summed E-state index contributed by atoms with van der Waals surface area (Å²) in [5.74, 6) is -0.365. The van der Waals surface area contributed by atoms with E-state index in [0.29, 0.717) is 17.9 Å². The Kier molecular flexibility index (Phi) is 4.12. The molecule has 100 valence electrons. The molecule has 0 spiro atoms. The van der Waals surface area contributed by atoms with Crippen LogP contribution in [-0.4, -0.2) is 6.61 Å². The molecule has 19 heavy (non-hydrogen) atoms. The molecule has 2 nitrogen and oxygen atoms in total. The first kappa shape index (κ1) is 13.5. The van der Waals surface area contributed by atoms with Crippen LogP contribution < -0.4 is 10.5 Å². The molecule has 0 aliphatic rings. The molecule has 0 aliphatic heterocycles. The zero-order chi connectivity index (χ0) is 13.8. The first-order valence-electron chi connectivity index (χ1n) is 6.05. The van der Waals surface area contributed by atoms with Crippen molar-refractivity contribution in [2.24, 2.45) is 5.73 Å². The quantitative estimate of drug-likeness (QED) is 0.917. The van der Waals surface area contributed by atoms with Crippen molar-refractivity contribution in [3.8, 4) is 5.75 Å². The third-order valence-electron chi connectivity index (χ3n) is 2.82. The summed E-state index contributed by atoms with van der Waals surface area (Å²) in [5, 5.41) is 0. The van der Waals surface area contributed by atoms with Crippen LogP contribution in [0, 0.1) is 11.6 Å². The van der Waals surface area contributed by atoms with Crippen molar-refractivity contribution in [1.29, 1.82) is 0 Å². The number of halogens is 2. The minimum atomic E-state index is -0.726. The molecule has 0 fully saturated rings. The van der Waals surface area contributed by atoms with Crippen molar-refractivity contribution in [2.75, 3.05) is 6.61 Å². The fourth-order valence-electron chi connectivity index (χ4n) is 1.90. The van der Waals surface area contributed by atoms with Crippen molar-refractivity contribution >= 4 is 0 Å². The first-order valence-corrected chi connectivity index (χ1v) is 6.05. The average molecular weight is 263 g/mol. The predicted molar refractivity (Wildman–Crippen MR) is 70.0 cm³/mol. The van der Waals surface area contributed by atoms with Gasteiger partial charge in [0.1, 0.15) is 17.4 Å². The molecule has 1 atom stereocenters. The summed E-state index contributed by atoms with van der Waals surface area (Å²) in [6.07, 6.45) is 0. The lowest BCUT2D eigenvalue weighted by Gasteiger charge is -2.14. The molecule has 2 aromatic rings. The molecule has 0 radical (unpaired) electrons. The molecule has 2 rings (SSSR count). The Balaban J connectivity index is 2.35. The number of hydrogen-bond acceptors (Lipinski definition) is 2. The summed E-state index contributed by atoms with van der Waals surface area (Å²) in [4.78, 5) is 0. The Morgan fingerprint density at radius 3 is 2.68 bits per heavy atom. The molecule has 4 heteroatoms. The monoisotopic (exact) mass is 263 g/mol.